The highest BCUT2D eigenvalue weighted by Crippen LogP contribution is 2.22. The topological polar surface area (TPSA) is 55.4 Å². The van der Waals surface area contributed by atoms with Crippen LogP contribution in [0, 0.1) is 11.7 Å². The predicted molar refractivity (Wildman–Crippen MR) is 86.0 cm³/mol. The summed E-state index contributed by atoms with van der Waals surface area (Å²) in [6.45, 7) is 0.328. The van der Waals surface area contributed by atoms with Crippen molar-refractivity contribution in [2.24, 2.45) is 5.92 Å². The normalized spacial score (nSPS) is 15.5. The van der Waals surface area contributed by atoms with Crippen molar-refractivity contribution in [1.82, 2.24) is 5.32 Å². The van der Waals surface area contributed by atoms with E-state index >= 15 is 0 Å². The van der Waals surface area contributed by atoms with Crippen molar-refractivity contribution in [3.63, 3.8) is 0 Å². The molecule has 23 heavy (non-hydrogen) atoms. The largest absolute Gasteiger partial charge is 0.452 e. The standard InChI is InChI=1S/C18H22FNO3/c19-16-9-5-4-8-15(16)10-11-18(22)23-13-17(21)20-12-14-6-2-1-3-7-14/h4-5,8-11,14H,1-3,6-7,12-13H2,(H,20,21)/b11-10+. The van der Waals surface area contributed by atoms with Crippen LogP contribution in [0.25, 0.3) is 6.08 Å². The van der Waals surface area contributed by atoms with Crippen LogP contribution in [0.4, 0.5) is 4.39 Å². The lowest BCUT2D eigenvalue weighted by Gasteiger charge is -2.21. The molecule has 1 aromatic carbocycles. The first kappa shape index (κ1) is 17.2. The zero-order chi connectivity index (χ0) is 16.5. The third kappa shape index (κ3) is 6.22. The molecule has 0 bridgehead atoms. The first-order valence-electron chi connectivity index (χ1n) is 8.01. The van der Waals surface area contributed by atoms with Gasteiger partial charge < -0.3 is 10.1 Å². The minimum atomic E-state index is -0.666. The minimum Gasteiger partial charge on any atom is -0.452 e. The molecule has 1 fully saturated rings. The highest BCUT2D eigenvalue weighted by Gasteiger charge is 2.14. The molecule has 0 atom stereocenters. The molecule has 1 saturated carbocycles. The van der Waals surface area contributed by atoms with E-state index in [-0.39, 0.29) is 12.5 Å². The smallest absolute Gasteiger partial charge is 0.331 e. The molecule has 5 heteroatoms. The van der Waals surface area contributed by atoms with Gasteiger partial charge in [-0.1, -0.05) is 37.5 Å². The molecule has 0 heterocycles. The number of benzene rings is 1. The monoisotopic (exact) mass is 319 g/mol. The van der Waals surface area contributed by atoms with Crippen LogP contribution in [-0.4, -0.2) is 25.0 Å². The molecular weight excluding hydrogens is 297 g/mol. The Kier molecular flexibility index (Phi) is 6.78. The van der Waals surface area contributed by atoms with Gasteiger partial charge in [0.25, 0.3) is 5.91 Å². The molecule has 0 aromatic heterocycles. The number of ether oxygens (including phenoxy) is 1. The summed E-state index contributed by atoms with van der Waals surface area (Å²) in [7, 11) is 0. The quantitative estimate of drug-likeness (QED) is 0.647. The van der Waals surface area contributed by atoms with E-state index in [0.717, 1.165) is 18.9 Å². The van der Waals surface area contributed by atoms with Crippen LogP contribution < -0.4 is 5.32 Å². The fraction of sp³-hybridized carbons (Fsp3) is 0.444. The molecule has 0 aliphatic heterocycles. The number of rotatable bonds is 6. The highest BCUT2D eigenvalue weighted by atomic mass is 19.1. The fourth-order valence-electron chi connectivity index (χ4n) is 2.65. The third-order valence-corrected chi connectivity index (χ3v) is 3.96. The van der Waals surface area contributed by atoms with Gasteiger partial charge in [-0.05, 0) is 30.9 Å². The lowest BCUT2D eigenvalue weighted by molar-refractivity contribution is -0.143. The maximum absolute atomic E-state index is 13.4. The molecule has 2 rings (SSSR count). The van der Waals surface area contributed by atoms with Crippen LogP contribution in [0.5, 0.6) is 0 Å². The molecule has 1 aliphatic rings. The number of esters is 1. The maximum Gasteiger partial charge on any atom is 0.331 e. The number of nitrogens with one attached hydrogen (secondary N) is 1. The van der Waals surface area contributed by atoms with E-state index < -0.39 is 11.8 Å². The second-order valence-electron chi connectivity index (χ2n) is 5.77. The van der Waals surface area contributed by atoms with Gasteiger partial charge in [0.1, 0.15) is 5.82 Å². The van der Waals surface area contributed by atoms with E-state index in [1.165, 1.54) is 31.4 Å². The van der Waals surface area contributed by atoms with Crippen LogP contribution in [0.15, 0.2) is 30.3 Å². The summed E-state index contributed by atoms with van der Waals surface area (Å²) in [4.78, 5) is 23.2. The van der Waals surface area contributed by atoms with Crippen molar-refractivity contribution in [2.45, 2.75) is 32.1 Å². The Morgan fingerprint density at radius 2 is 1.96 bits per heavy atom. The number of amides is 1. The van der Waals surface area contributed by atoms with Gasteiger partial charge in [-0.15, -0.1) is 0 Å². The molecule has 1 amide bonds. The van der Waals surface area contributed by atoms with Crippen molar-refractivity contribution in [1.29, 1.82) is 0 Å². The van der Waals surface area contributed by atoms with E-state index in [0.29, 0.717) is 18.0 Å². The molecule has 1 aromatic rings. The van der Waals surface area contributed by atoms with Gasteiger partial charge in [0.05, 0.1) is 0 Å². The van der Waals surface area contributed by atoms with Gasteiger partial charge in [0.15, 0.2) is 6.61 Å². The summed E-state index contributed by atoms with van der Waals surface area (Å²) in [5.41, 5.74) is 0.297. The first-order chi connectivity index (χ1) is 11.1. The van der Waals surface area contributed by atoms with Crippen molar-refractivity contribution in [3.8, 4) is 0 Å². The number of hydrogen-bond acceptors (Lipinski definition) is 3. The molecule has 1 aliphatic carbocycles. The van der Waals surface area contributed by atoms with Crippen molar-refractivity contribution in [3.05, 3.63) is 41.7 Å². The zero-order valence-corrected chi connectivity index (χ0v) is 13.1. The Balaban J connectivity index is 1.67. The lowest BCUT2D eigenvalue weighted by Crippen LogP contribution is -2.33. The number of carbonyl (C=O) groups excluding carboxylic acids is 2. The molecule has 4 nitrogen and oxygen atoms in total. The second-order valence-corrected chi connectivity index (χ2v) is 5.77. The van der Waals surface area contributed by atoms with Crippen LogP contribution in [-0.2, 0) is 14.3 Å². The van der Waals surface area contributed by atoms with Gasteiger partial charge in [0, 0.05) is 18.2 Å². The summed E-state index contributed by atoms with van der Waals surface area (Å²) in [6, 6.07) is 6.11. The Labute approximate surface area is 135 Å². The second kappa shape index (κ2) is 9.08. The Morgan fingerprint density at radius 1 is 1.22 bits per heavy atom. The Hall–Kier alpha value is -2.17. The molecule has 0 spiro atoms. The van der Waals surface area contributed by atoms with E-state index in [9.17, 15) is 14.0 Å². The average Bonchev–Trinajstić information content (AvgIpc) is 2.58. The van der Waals surface area contributed by atoms with E-state index in [4.69, 9.17) is 4.74 Å². The molecule has 0 unspecified atom stereocenters. The molecule has 124 valence electrons. The molecular formula is C18H22FNO3. The van der Waals surface area contributed by atoms with E-state index in [1.807, 2.05) is 0 Å². The summed E-state index contributed by atoms with van der Waals surface area (Å²) >= 11 is 0. The van der Waals surface area contributed by atoms with Crippen LogP contribution >= 0.6 is 0 Å². The van der Waals surface area contributed by atoms with Crippen molar-refractivity contribution >= 4 is 18.0 Å². The predicted octanol–water partition coefficient (Wildman–Crippen LogP) is 3.08. The average molecular weight is 319 g/mol. The van der Waals surface area contributed by atoms with Gasteiger partial charge in [-0.2, -0.15) is 0 Å². The number of carbonyl (C=O) groups is 2. The molecule has 1 N–H and O–H groups in total. The summed E-state index contributed by atoms with van der Waals surface area (Å²) in [6.07, 6.45) is 8.45. The van der Waals surface area contributed by atoms with Crippen LogP contribution in [0.3, 0.4) is 0 Å². The van der Waals surface area contributed by atoms with Gasteiger partial charge in [0.2, 0.25) is 0 Å². The fourth-order valence-corrected chi connectivity index (χ4v) is 2.65. The van der Waals surface area contributed by atoms with Gasteiger partial charge >= 0.3 is 5.97 Å². The van der Waals surface area contributed by atoms with Gasteiger partial charge in [-0.3, -0.25) is 4.79 Å². The zero-order valence-electron chi connectivity index (χ0n) is 13.1. The van der Waals surface area contributed by atoms with Gasteiger partial charge in [-0.25, -0.2) is 9.18 Å². The number of hydrogen-bond donors (Lipinski definition) is 1. The van der Waals surface area contributed by atoms with E-state index in [1.54, 1.807) is 18.2 Å². The summed E-state index contributed by atoms with van der Waals surface area (Å²) in [5.74, 6) is -0.851. The third-order valence-electron chi connectivity index (χ3n) is 3.96. The highest BCUT2D eigenvalue weighted by molar-refractivity contribution is 5.89. The number of halogens is 1. The Bertz CT molecular complexity index is 565. The molecule has 0 radical (unpaired) electrons. The Morgan fingerprint density at radius 3 is 2.70 bits per heavy atom. The minimum absolute atomic E-state index is 0.297. The first-order valence-corrected chi connectivity index (χ1v) is 8.01. The summed E-state index contributed by atoms with van der Waals surface area (Å²) in [5, 5.41) is 2.79. The van der Waals surface area contributed by atoms with Crippen LogP contribution in [0.1, 0.15) is 37.7 Å². The SMILES string of the molecule is O=C(COC(=O)/C=C/c1ccccc1F)NCC1CCCCC1. The lowest BCUT2D eigenvalue weighted by atomic mass is 9.89. The maximum atomic E-state index is 13.4. The van der Waals surface area contributed by atoms with Crippen molar-refractivity contribution in [2.75, 3.05) is 13.2 Å². The van der Waals surface area contributed by atoms with Crippen LogP contribution in [0.2, 0.25) is 0 Å². The summed E-state index contributed by atoms with van der Waals surface area (Å²) < 4.78 is 18.2. The van der Waals surface area contributed by atoms with Crippen molar-refractivity contribution < 1.29 is 18.7 Å². The molecule has 0 saturated heterocycles. The van der Waals surface area contributed by atoms with E-state index in [2.05, 4.69) is 5.32 Å².